The van der Waals surface area contributed by atoms with Gasteiger partial charge in [0.1, 0.15) is 0 Å². The molecule has 1 saturated carbocycles. The van der Waals surface area contributed by atoms with Crippen LogP contribution in [0.1, 0.15) is 52.2 Å². The molecule has 10 heteroatoms. The molecule has 2 fully saturated rings. The molecule has 0 aromatic heterocycles. The summed E-state index contributed by atoms with van der Waals surface area (Å²) in [5, 5.41) is 4.44. The molecule has 0 radical (unpaired) electrons. The Hall–Kier alpha value is -2.72. The van der Waals surface area contributed by atoms with Crippen molar-refractivity contribution in [3.05, 3.63) is 70.8 Å². The number of hydrazone groups is 1. The highest BCUT2D eigenvalue weighted by Crippen LogP contribution is 2.64. The van der Waals surface area contributed by atoms with Crippen molar-refractivity contribution in [3.8, 4) is 0 Å². The van der Waals surface area contributed by atoms with E-state index in [1.165, 1.54) is 12.1 Å². The zero-order valence-corrected chi connectivity index (χ0v) is 20.9. The van der Waals surface area contributed by atoms with Gasteiger partial charge in [-0.05, 0) is 73.2 Å². The quantitative estimate of drug-likeness (QED) is 0.511. The molecule has 3 atom stereocenters. The number of rotatable bonds is 8. The number of hydrogen-bond donors (Lipinski definition) is 2. The topological polar surface area (TPSA) is 74.0 Å². The number of benzene rings is 2. The molecular formula is C26H30F3N5OS. The molecule has 1 saturated heterocycles. The van der Waals surface area contributed by atoms with Crippen molar-refractivity contribution in [2.75, 3.05) is 32.4 Å². The van der Waals surface area contributed by atoms with Crippen LogP contribution >= 0.6 is 11.8 Å². The number of thioether (sulfide) groups is 1. The van der Waals surface area contributed by atoms with Gasteiger partial charge in [-0.15, -0.1) is 11.8 Å². The van der Waals surface area contributed by atoms with E-state index in [0.717, 1.165) is 55.8 Å². The average Bonchev–Trinajstić information content (AvgIpc) is 3.20. The predicted octanol–water partition coefficient (Wildman–Crippen LogP) is 4.29. The lowest BCUT2D eigenvalue weighted by Crippen LogP contribution is -2.36. The summed E-state index contributed by atoms with van der Waals surface area (Å²) in [7, 11) is 1.95. The third-order valence-electron chi connectivity index (χ3n) is 7.59. The summed E-state index contributed by atoms with van der Waals surface area (Å²) in [5.74, 6) is 1.55. The summed E-state index contributed by atoms with van der Waals surface area (Å²) in [4.78, 5) is 16.3. The van der Waals surface area contributed by atoms with E-state index in [1.54, 1.807) is 36.0 Å². The Kier molecular flexibility index (Phi) is 6.67. The predicted molar refractivity (Wildman–Crippen MR) is 136 cm³/mol. The van der Waals surface area contributed by atoms with Crippen LogP contribution in [0.15, 0.2) is 53.6 Å². The molecule has 36 heavy (non-hydrogen) atoms. The highest BCUT2D eigenvalue weighted by atomic mass is 32.2. The molecule has 6 nitrogen and oxygen atoms in total. The van der Waals surface area contributed by atoms with Gasteiger partial charge < -0.3 is 15.5 Å². The summed E-state index contributed by atoms with van der Waals surface area (Å²) in [6.45, 7) is 3.06. The maximum Gasteiger partial charge on any atom is 0.416 e. The highest BCUT2D eigenvalue weighted by molar-refractivity contribution is 7.99. The number of nitrogens with one attached hydrogen (secondary N) is 1. The van der Waals surface area contributed by atoms with Gasteiger partial charge in [0.05, 0.1) is 11.1 Å². The molecule has 1 amide bonds. The third-order valence-corrected chi connectivity index (χ3v) is 8.85. The fraction of sp³-hybridized carbons (Fsp3) is 0.462. The first-order valence-electron chi connectivity index (χ1n) is 12.1. The normalized spacial score (nSPS) is 25.8. The molecule has 3 unspecified atom stereocenters. The van der Waals surface area contributed by atoms with Crippen LogP contribution in [0.5, 0.6) is 0 Å². The first-order valence-corrected chi connectivity index (χ1v) is 13.2. The molecule has 2 aliphatic heterocycles. The van der Waals surface area contributed by atoms with Crippen LogP contribution in [0.25, 0.3) is 0 Å². The van der Waals surface area contributed by atoms with Crippen molar-refractivity contribution in [2.45, 2.75) is 36.9 Å². The second kappa shape index (κ2) is 9.63. The Balaban J connectivity index is 1.06. The molecule has 1 spiro atoms. The minimum Gasteiger partial charge on any atom is -0.366 e. The van der Waals surface area contributed by atoms with Gasteiger partial charge in [-0.25, -0.2) is 0 Å². The number of nitrogens with two attached hydrogens (primary N) is 1. The number of nitrogens with zero attached hydrogens (tertiary/aromatic N) is 3. The lowest BCUT2D eigenvalue weighted by atomic mass is 9.97. The summed E-state index contributed by atoms with van der Waals surface area (Å²) >= 11 is 1.77. The van der Waals surface area contributed by atoms with Gasteiger partial charge in [0.15, 0.2) is 11.3 Å². The van der Waals surface area contributed by atoms with Crippen LogP contribution in [0, 0.1) is 5.41 Å². The largest absolute Gasteiger partial charge is 0.416 e. The summed E-state index contributed by atoms with van der Waals surface area (Å²) in [6.07, 6.45) is -1.08. The van der Waals surface area contributed by atoms with Crippen LogP contribution in [-0.2, 0) is 6.18 Å². The van der Waals surface area contributed by atoms with E-state index in [9.17, 15) is 18.0 Å². The standard InChI is InChI=1S/C26H30F3N5OS/c1-33-23(20-6-3-2-5-19(20)22(30)35)31-32-24(33)36-14-4-12-34-13-11-25(16-34)15-21(25)17-7-9-18(10-8-17)26(27,28)29/h2-3,5-10,21,24,32H,4,11-16H2,1H3,(H2,30,35). The molecular weight excluding hydrogens is 487 g/mol. The Labute approximate surface area is 213 Å². The molecule has 192 valence electrons. The van der Waals surface area contributed by atoms with Gasteiger partial charge in [-0.3, -0.25) is 10.2 Å². The Morgan fingerprint density at radius 1 is 1.22 bits per heavy atom. The van der Waals surface area contributed by atoms with E-state index in [0.29, 0.717) is 17.3 Å². The molecule has 2 aromatic carbocycles. The first kappa shape index (κ1) is 25.0. The Morgan fingerprint density at radius 2 is 1.97 bits per heavy atom. The molecule has 3 N–H and O–H groups in total. The van der Waals surface area contributed by atoms with E-state index in [2.05, 4.69) is 15.4 Å². The zero-order valence-electron chi connectivity index (χ0n) is 20.1. The van der Waals surface area contributed by atoms with Gasteiger partial charge in [0.2, 0.25) is 5.91 Å². The molecule has 2 heterocycles. The number of alkyl halides is 3. The monoisotopic (exact) mass is 517 g/mol. The summed E-state index contributed by atoms with van der Waals surface area (Å²) in [6, 6.07) is 12.9. The van der Waals surface area contributed by atoms with E-state index >= 15 is 0 Å². The SMILES string of the molecule is CN1C(c2ccccc2C(N)=O)=NNC1SCCCN1CCC2(CC2c2ccc(C(F)(F)F)cc2)C1. The van der Waals surface area contributed by atoms with Crippen LogP contribution in [-0.4, -0.2) is 59.5 Å². The van der Waals surface area contributed by atoms with Gasteiger partial charge in [-0.1, -0.05) is 30.3 Å². The van der Waals surface area contributed by atoms with E-state index in [4.69, 9.17) is 5.73 Å². The van der Waals surface area contributed by atoms with Crippen LogP contribution in [0.2, 0.25) is 0 Å². The maximum absolute atomic E-state index is 12.9. The maximum atomic E-state index is 12.9. The summed E-state index contributed by atoms with van der Waals surface area (Å²) in [5.41, 5.74) is 10.5. The van der Waals surface area contributed by atoms with Crippen molar-refractivity contribution in [2.24, 2.45) is 16.3 Å². The van der Waals surface area contributed by atoms with E-state index in [-0.39, 0.29) is 10.9 Å². The van der Waals surface area contributed by atoms with Crippen LogP contribution in [0.4, 0.5) is 13.2 Å². The van der Waals surface area contributed by atoms with Crippen molar-refractivity contribution < 1.29 is 18.0 Å². The van der Waals surface area contributed by atoms with Gasteiger partial charge >= 0.3 is 6.18 Å². The number of hydrogen-bond acceptors (Lipinski definition) is 6. The third kappa shape index (κ3) is 4.93. The molecule has 2 aromatic rings. The van der Waals surface area contributed by atoms with Crippen molar-refractivity contribution in [3.63, 3.8) is 0 Å². The molecule has 0 bridgehead atoms. The fourth-order valence-corrected chi connectivity index (χ4v) is 6.49. The van der Waals surface area contributed by atoms with Gasteiger partial charge in [0, 0.05) is 19.2 Å². The zero-order chi connectivity index (χ0) is 25.5. The number of amidine groups is 1. The minimum atomic E-state index is -4.29. The number of carbonyl (C=O) groups excluding carboxylic acids is 1. The number of carbonyl (C=O) groups is 1. The lowest BCUT2D eigenvalue weighted by Gasteiger charge is -2.23. The second-order valence-electron chi connectivity index (χ2n) is 9.93. The van der Waals surface area contributed by atoms with Gasteiger partial charge in [-0.2, -0.15) is 18.3 Å². The van der Waals surface area contributed by atoms with Crippen molar-refractivity contribution in [1.82, 2.24) is 15.2 Å². The van der Waals surface area contributed by atoms with Gasteiger partial charge in [0.25, 0.3) is 0 Å². The van der Waals surface area contributed by atoms with E-state index in [1.807, 2.05) is 24.1 Å². The van der Waals surface area contributed by atoms with Crippen LogP contribution < -0.4 is 11.2 Å². The van der Waals surface area contributed by atoms with Crippen molar-refractivity contribution >= 4 is 23.5 Å². The van der Waals surface area contributed by atoms with E-state index < -0.39 is 17.6 Å². The summed E-state index contributed by atoms with van der Waals surface area (Å²) < 4.78 is 38.6. The molecule has 3 aliphatic rings. The highest BCUT2D eigenvalue weighted by Gasteiger charge is 2.57. The van der Waals surface area contributed by atoms with Crippen molar-refractivity contribution in [1.29, 1.82) is 0 Å². The fourth-order valence-electron chi connectivity index (χ4n) is 5.52. The number of primary amides is 1. The second-order valence-corrected chi connectivity index (χ2v) is 11.1. The number of amides is 1. The smallest absolute Gasteiger partial charge is 0.366 e. The Morgan fingerprint density at radius 3 is 2.69 bits per heavy atom. The lowest BCUT2D eigenvalue weighted by molar-refractivity contribution is -0.137. The van der Waals surface area contributed by atoms with Crippen LogP contribution in [0.3, 0.4) is 0 Å². The minimum absolute atomic E-state index is 0.0154. The number of likely N-dealkylation sites (tertiary alicyclic amines) is 1. The number of halogens is 3. The molecule has 5 rings (SSSR count). The molecule has 1 aliphatic carbocycles. The first-order chi connectivity index (χ1) is 17.2. The average molecular weight is 518 g/mol. The Bertz CT molecular complexity index is 1160.